The molecule has 3 aromatic rings. The number of carbonyl (C=O) groups excluding carboxylic acids is 1. The lowest BCUT2D eigenvalue weighted by molar-refractivity contribution is 0.0849. The Hall–Kier alpha value is -2.71. The Morgan fingerprint density at radius 3 is 2.51 bits per heavy atom. The number of anilines is 1. The summed E-state index contributed by atoms with van der Waals surface area (Å²) in [7, 11) is -1.19. The Morgan fingerprint density at radius 2 is 1.86 bits per heavy atom. The lowest BCUT2D eigenvalue weighted by atomic mass is 9.87. The van der Waals surface area contributed by atoms with Gasteiger partial charge in [-0.2, -0.15) is 0 Å². The van der Waals surface area contributed by atoms with Gasteiger partial charge in [-0.25, -0.2) is 9.97 Å². The molecule has 1 fully saturated rings. The highest BCUT2D eigenvalue weighted by Crippen LogP contribution is 2.33. The largest absolute Gasteiger partial charge is 0.508 e. The average molecular weight is 495 g/mol. The van der Waals surface area contributed by atoms with Crippen LogP contribution in [0.3, 0.4) is 0 Å². The molecular weight excluding hydrogens is 456 g/mol. The van der Waals surface area contributed by atoms with E-state index < -0.39 is 13.5 Å². The van der Waals surface area contributed by atoms with Crippen molar-refractivity contribution in [3.63, 3.8) is 0 Å². The number of aromatic hydroxyl groups is 1. The predicted molar refractivity (Wildman–Crippen MR) is 144 cm³/mol. The minimum Gasteiger partial charge on any atom is -0.508 e. The van der Waals surface area contributed by atoms with E-state index in [1.165, 1.54) is 0 Å². The van der Waals surface area contributed by atoms with Gasteiger partial charge in [0, 0.05) is 56.7 Å². The molecule has 0 aliphatic carbocycles. The molecule has 0 saturated carbocycles. The third kappa shape index (κ3) is 5.93. The standard InChI is InChI=1S/C27H38N4O3Si/c1-27(2,3)25(33)22-17-31(18-34-11-12-35(4,5)6)26-24(22)29-23(16-28-26)19-13-20(15-21(32)14-19)30-9-7-8-10-30/h13-17,32H,7-12,18H2,1-6H3. The second-order valence-electron chi connectivity index (χ2n) is 11.8. The molecule has 1 aliphatic heterocycles. The number of carbonyl (C=O) groups is 1. The zero-order valence-electron chi connectivity index (χ0n) is 21.9. The van der Waals surface area contributed by atoms with E-state index in [4.69, 9.17) is 14.7 Å². The monoisotopic (exact) mass is 494 g/mol. The number of benzene rings is 1. The van der Waals surface area contributed by atoms with E-state index in [1.54, 1.807) is 18.3 Å². The molecule has 2 aromatic heterocycles. The fraction of sp³-hybridized carbons (Fsp3) is 0.519. The Bertz CT molecular complexity index is 1220. The first-order chi connectivity index (χ1) is 16.4. The summed E-state index contributed by atoms with van der Waals surface area (Å²) in [4.78, 5) is 25.2. The van der Waals surface area contributed by atoms with Gasteiger partial charge in [-0.3, -0.25) is 4.79 Å². The van der Waals surface area contributed by atoms with Gasteiger partial charge in [-0.05, 0) is 31.0 Å². The molecule has 7 nitrogen and oxygen atoms in total. The van der Waals surface area contributed by atoms with Crippen LogP contribution in [0.5, 0.6) is 5.75 Å². The summed E-state index contributed by atoms with van der Waals surface area (Å²) in [6, 6.07) is 6.62. The molecule has 0 unspecified atom stereocenters. The number of fused-ring (bicyclic) bond motifs is 1. The molecule has 188 valence electrons. The highest BCUT2D eigenvalue weighted by molar-refractivity contribution is 6.76. The van der Waals surface area contributed by atoms with Gasteiger partial charge in [0.25, 0.3) is 0 Å². The molecule has 4 rings (SSSR count). The molecular formula is C27H38N4O3Si. The van der Waals surface area contributed by atoms with Crippen LogP contribution in [0.4, 0.5) is 5.69 Å². The van der Waals surface area contributed by atoms with Crippen LogP contribution in [0.2, 0.25) is 25.7 Å². The predicted octanol–water partition coefficient (Wildman–Crippen LogP) is 5.95. The third-order valence-electron chi connectivity index (χ3n) is 6.39. The number of Topliss-reactive ketones (excluding diaryl/α,β-unsaturated/α-hetero) is 1. The van der Waals surface area contributed by atoms with Gasteiger partial charge in [0.2, 0.25) is 0 Å². The van der Waals surface area contributed by atoms with Crippen molar-refractivity contribution in [2.45, 2.75) is 66.0 Å². The summed E-state index contributed by atoms with van der Waals surface area (Å²) >= 11 is 0. The number of phenols is 1. The van der Waals surface area contributed by atoms with Gasteiger partial charge >= 0.3 is 0 Å². The summed E-state index contributed by atoms with van der Waals surface area (Å²) < 4.78 is 7.85. The third-order valence-corrected chi connectivity index (χ3v) is 8.09. The molecule has 1 saturated heterocycles. The van der Waals surface area contributed by atoms with Gasteiger partial charge in [-0.1, -0.05) is 40.4 Å². The second kappa shape index (κ2) is 9.74. The Balaban J connectivity index is 1.72. The zero-order valence-corrected chi connectivity index (χ0v) is 22.9. The molecule has 1 N–H and O–H groups in total. The van der Waals surface area contributed by atoms with Gasteiger partial charge < -0.3 is 19.3 Å². The van der Waals surface area contributed by atoms with E-state index in [1.807, 2.05) is 37.6 Å². The summed E-state index contributed by atoms with van der Waals surface area (Å²) in [5, 5.41) is 10.4. The van der Waals surface area contributed by atoms with Crippen molar-refractivity contribution in [3.05, 3.63) is 36.2 Å². The maximum atomic E-state index is 13.3. The zero-order chi connectivity index (χ0) is 25.4. The van der Waals surface area contributed by atoms with Crippen molar-refractivity contribution in [2.24, 2.45) is 5.41 Å². The number of hydrogen-bond acceptors (Lipinski definition) is 6. The molecule has 8 heteroatoms. The van der Waals surface area contributed by atoms with E-state index in [0.717, 1.165) is 43.2 Å². The van der Waals surface area contributed by atoms with Gasteiger partial charge in [-0.15, -0.1) is 0 Å². The maximum absolute atomic E-state index is 13.3. The van der Waals surface area contributed by atoms with Crippen LogP contribution in [-0.2, 0) is 11.5 Å². The topological polar surface area (TPSA) is 80.5 Å². The lowest BCUT2D eigenvalue weighted by Crippen LogP contribution is -2.22. The van der Waals surface area contributed by atoms with Crippen molar-refractivity contribution < 1.29 is 14.6 Å². The number of ketones is 1. The minimum absolute atomic E-state index is 0.0171. The number of phenolic OH excluding ortho intramolecular Hbond substituents is 1. The molecule has 3 heterocycles. The normalized spacial score (nSPS) is 14.7. The number of hydrogen-bond donors (Lipinski definition) is 1. The van der Waals surface area contributed by atoms with Crippen molar-refractivity contribution in [3.8, 4) is 17.0 Å². The van der Waals surface area contributed by atoms with Gasteiger partial charge in [0.1, 0.15) is 18.0 Å². The van der Waals surface area contributed by atoms with Crippen molar-refractivity contribution in [1.29, 1.82) is 0 Å². The van der Waals surface area contributed by atoms with Crippen LogP contribution in [0.15, 0.2) is 30.6 Å². The van der Waals surface area contributed by atoms with Crippen LogP contribution in [0, 0.1) is 5.41 Å². The molecule has 0 radical (unpaired) electrons. The van der Waals surface area contributed by atoms with Crippen molar-refractivity contribution in [1.82, 2.24) is 14.5 Å². The smallest absolute Gasteiger partial charge is 0.171 e. The lowest BCUT2D eigenvalue weighted by Gasteiger charge is -2.19. The minimum atomic E-state index is -1.19. The van der Waals surface area contributed by atoms with E-state index in [-0.39, 0.29) is 11.5 Å². The van der Waals surface area contributed by atoms with Gasteiger partial charge in [0.05, 0.1) is 17.5 Å². The van der Waals surface area contributed by atoms with Crippen LogP contribution < -0.4 is 4.90 Å². The van der Waals surface area contributed by atoms with Crippen LogP contribution in [0.25, 0.3) is 22.4 Å². The molecule has 1 aliphatic rings. The Labute approximate surface area is 209 Å². The summed E-state index contributed by atoms with van der Waals surface area (Å²) in [5.41, 5.74) is 3.61. The van der Waals surface area contributed by atoms with E-state index in [9.17, 15) is 9.90 Å². The first-order valence-corrected chi connectivity index (χ1v) is 16.2. The SMILES string of the molecule is CC(C)(C)C(=O)c1cn(COCC[Si](C)(C)C)c2ncc(-c3cc(O)cc(N4CCCC4)c3)nc12. The second-order valence-corrected chi connectivity index (χ2v) is 17.4. The molecule has 35 heavy (non-hydrogen) atoms. The first-order valence-electron chi connectivity index (χ1n) is 12.5. The quantitative estimate of drug-likeness (QED) is 0.237. The van der Waals surface area contributed by atoms with Crippen LogP contribution >= 0.6 is 0 Å². The summed E-state index contributed by atoms with van der Waals surface area (Å²) in [6.45, 7) is 15.7. The number of ether oxygens (including phenoxy) is 1. The Morgan fingerprint density at radius 1 is 1.14 bits per heavy atom. The number of aromatic nitrogens is 3. The first kappa shape index (κ1) is 25.4. The van der Waals surface area contributed by atoms with Crippen LogP contribution in [-0.4, -0.2) is 53.2 Å². The summed E-state index contributed by atoms with van der Waals surface area (Å²) in [6.07, 6.45) is 5.86. The fourth-order valence-corrected chi connectivity index (χ4v) is 5.06. The average Bonchev–Trinajstić information content (AvgIpc) is 3.43. The van der Waals surface area contributed by atoms with E-state index in [2.05, 4.69) is 24.5 Å². The molecule has 1 aromatic carbocycles. The fourth-order valence-electron chi connectivity index (χ4n) is 4.30. The molecule has 0 spiro atoms. The Kier molecular flexibility index (Phi) is 7.06. The number of rotatable bonds is 8. The molecule has 0 atom stereocenters. The van der Waals surface area contributed by atoms with Crippen molar-refractivity contribution in [2.75, 3.05) is 24.6 Å². The maximum Gasteiger partial charge on any atom is 0.171 e. The summed E-state index contributed by atoms with van der Waals surface area (Å²) in [5.74, 6) is 0.217. The highest BCUT2D eigenvalue weighted by Gasteiger charge is 2.28. The molecule has 0 amide bonds. The van der Waals surface area contributed by atoms with Gasteiger partial charge in [0.15, 0.2) is 11.4 Å². The van der Waals surface area contributed by atoms with Crippen LogP contribution in [0.1, 0.15) is 44.0 Å². The van der Waals surface area contributed by atoms with E-state index in [0.29, 0.717) is 35.8 Å². The molecule has 0 bridgehead atoms. The number of nitrogens with zero attached hydrogens (tertiary/aromatic N) is 4. The van der Waals surface area contributed by atoms with Crippen molar-refractivity contribution >= 4 is 30.7 Å². The van der Waals surface area contributed by atoms with E-state index >= 15 is 0 Å². The highest BCUT2D eigenvalue weighted by atomic mass is 28.3.